The number of fused-ring (bicyclic) bond motifs is 1. The van der Waals surface area contributed by atoms with Crippen molar-refractivity contribution in [2.45, 2.75) is 37.8 Å². The molecule has 0 aromatic carbocycles. The Balaban J connectivity index is 0.000000286. The van der Waals surface area contributed by atoms with Crippen LogP contribution in [0.25, 0.3) is 0 Å². The van der Waals surface area contributed by atoms with Gasteiger partial charge in [0.15, 0.2) is 0 Å². The predicted molar refractivity (Wildman–Crippen MR) is 111 cm³/mol. The second-order valence-corrected chi connectivity index (χ2v) is 8.26. The van der Waals surface area contributed by atoms with Gasteiger partial charge in [-0.2, -0.15) is 26.3 Å². The summed E-state index contributed by atoms with van der Waals surface area (Å²) in [5.41, 5.74) is 1.17. The summed E-state index contributed by atoms with van der Waals surface area (Å²) in [7, 11) is 0. The Morgan fingerprint density at radius 3 is 2.14 bits per heavy atom. The molecular formula is C21H25F6N3O7. The van der Waals surface area contributed by atoms with Crippen molar-refractivity contribution in [3.8, 4) is 0 Å². The molecule has 0 bridgehead atoms. The maximum Gasteiger partial charge on any atom is 0.490 e. The van der Waals surface area contributed by atoms with Gasteiger partial charge in [-0.05, 0) is 24.5 Å². The fourth-order valence-corrected chi connectivity index (χ4v) is 4.00. The standard InChI is InChI=1S/C17H23N3O3.2C2HF3O2/c21-17(20-6-2-7-23-20)15-11-19(10-13-3-1-5-18-9-13)12-16-14(15)4-8-22-16;2*3-2(4,5)1(6)7/h1,3,5,9,14-16H,2,4,6-8,10-12H2;2*(H,6,7)/t14-,15-,16+;;/m0../s1. The first kappa shape index (κ1) is 30.2. The molecule has 208 valence electrons. The van der Waals surface area contributed by atoms with Crippen LogP contribution in [0.15, 0.2) is 24.5 Å². The van der Waals surface area contributed by atoms with Gasteiger partial charge in [0.05, 0.1) is 25.2 Å². The number of hydroxylamine groups is 2. The van der Waals surface area contributed by atoms with Crippen LogP contribution in [-0.4, -0.2) is 94.3 Å². The predicted octanol–water partition coefficient (Wildman–Crippen LogP) is 2.35. The highest BCUT2D eigenvalue weighted by Gasteiger charge is 2.45. The Labute approximate surface area is 206 Å². The zero-order valence-corrected chi connectivity index (χ0v) is 19.2. The number of carbonyl (C=O) groups is 3. The monoisotopic (exact) mass is 545 g/mol. The largest absolute Gasteiger partial charge is 0.490 e. The van der Waals surface area contributed by atoms with Gasteiger partial charge in [-0.1, -0.05) is 6.07 Å². The van der Waals surface area contributed by atoms with E-state index in [1.165, 1.54) is 5.56 Å². The van der Waals surface area contributed by atoms with Crippen molar-refractivity contribution in [2.75, 3.05) is 32.8 Å². The van der Waals surface area contributed by atoms with Gasteiger partial charge in [-0.15, -0.1) is 0 Å². The quantitative estimate of drug-likeness (QED) is 0.550. The minimum absolute atomic E-state index is 0.0222. The number of hydrogen-bond donors (Lipinski definition) is 2. The van der Waals surface area contributed by atoms with E-state index in [0.717, 1.165) is 45.6 Å². The Morgan fingerprint density at radius 2 is 1.65 bits per heavy atom. The van der Waals surface area contributed by atoms with E-state index >= 15 is 0 Å². The van der Waals surface area contributed by atoms with Crippen LogP contribution in [0.5, 0.6) is 0 Å². The van der Waals surface area contributed by atoms with Crippen LogP contribution in [0.4, 0.5) is 26.3 Å². The summed E-state index contributed by atoms with van der Waals surface area (Å²) in [6.07, 6.45) is -4.41. The summed E-state index contributed by atoms with van der Waals surface area (Å²) in [5, 5.41) is 15.8. The smallest absolute Gasteiger partial charge is 0.475 e. The molecule has 0 aliphatic carbocycles. The number of alkyl halides is 6. The number of piperidine rings is 1. The third kappa shape index (κ3) is 9.44. The number of carbonyl (C=O) groups excluding carboxylic acids is 1. The molecule has 37 heavy (non-hydrogen) atoms. The van der Waals surface area contributed by atoms with Gasteiger partial charge in [0.1, 0.15) is 0 Å². The van der Waals surface area contributed by atoms with Gasteiger partial charge >= 0.3 is 24.3 Å². The molecule has 1 aromatic heterocycles. The van der Waals surface area contributed by atoms with Crippen LogP contribution >= 0.6 is 0 Å². The van der Waals surface area contributed by atoms with Crippen molar-refractivity contribution in [3.63, 3.8) is 0 Å². The molecule has 1 amide bonds. The van der Waals surface area contributed by atoms with E-state index in [4.69, 9.17) is 29.4 Å². The highest BCUT2D eigenvalue weighted by Crippen LogP contribution is 2.35. The van der Waals surface area contributed by atoms with Crippen molar-refractivity contribution >= 4 is 17.8 Å². The van der Waals surface area contributed by atoms with Crippen molar-refractivity contribution in [1.29, 1.82) is 0 Å². The van der Waals surface area contributed by atoms with E-state index < -0.39 is 24.3 Å². The number of likely N-dealkylation sites (tertiary alicyclic amines) is 1. The summed E-state index contributed by atoms with van der Waals surface area (Å²) >= 11 is 0. The summed E-state index contributed by atoms with van der Waals surface area (Å²) in [6.45, 7) is 4.62. The summed E-state index contributed by atoms with van der Waals surface area (Å²) in [6, 6.07) is 4.03. The molecule has 1 aromatic rings. The molecule has 3 fully saturated rings. The second-order valence-electron chi connectivity index (χ2n) is 8.26. The van der Waals surface area contributed by atoms with Crippen molar-refractivity contribution in [2.24, 2.45) is 11.8 Å². The van der Waals surface area contributed by atoms with Gasteiger partial charge in [0.2, 0.25) is 0 Å². The third-order valence-corrected chi connectivity index (χ3v) is 5.60. The van der Waals surface area contributed by atoms with Crippen LogP contribution < -0.4 is 0 Å². The maximum absolute atomic E-state index is 12.8. The lowest BCUT2D eigenvalue weighted by Crippen LogP contribution is -2.52. The first-order chi connectivity index (χ1) is 17.2. The number of aliphatic carboxylic acids is 2. The number of aromatic nitrogens is 1. The molecule has 0 spiro atoms. The molecule has 3 saturated heterocycles. The minimum atomic E-state index is -5.08. The van der Waals surface area contributed by atoms with E-state index in [0.29, 0.717) is 12.5 Å². The highest BCUT2D eigenvalue weighted by molar-refractivity contribution is 5.79. The average Bonchev–Trinajstić information content (AvgIpc) is 3.51. The molecule has 4 rings (SSSR count). The molecule has 0 unspecified atom stereocenters. The molecular weight excluding hydrogens is 520 g/mol. The minimum Gasteiger partial charge on any atom is -0.475 e. The van der Waals surface area contributed by atoms with Crippen molar-refractivity contribution < 1.29 is 60.5 Å². The average molecular weight is 545 g/mol. The van der Waals surface area contributed by atoms with E-state index in [1.54, 1.807) is 11.3 Å². The molecule has 16 heteroatoms. The number of rotatable bonds is 3. The van der Waals surface area contributed by atoms with Crippen LogP contribution in [-0.2, 0) is 30.5 Å². The Kier molecular flexibility index (Phi) is 10.6. The first-order valence-electron chi connectivity index (χ1n) is 11.0. The van der Waals surface area contributed by atoms with Gasteiger partial charge in [-0.25, -0.2) is 14.7 Å². The molecule has 3 aliphatic heterocycles. The Bertz CT molecular complexity index is 886. The van der Waals surface area contributed by atoms with E-state index in [1.807, 2.05) is 12.3 Å². The van der Waals surface area contributed by atoms with Gasteiger partial charge < -0.3 is 14.9 Å². The SMILES string of the molecule is O=C(O)C(F)(F)F.O=C(O)C(F)(F)F.O=C([C@H]1CN(Cc2cccnc2)C[C@H]2OCC[C@@H]12)N1CCCO1. The lowest BCUT2D eigenvalue weighted by molar-refractivity contribution is -0.193. The number of amides is 1. The number of hydrogen-bond acceptors (Lipinski definition) is 7. The summed E-state index contributed by atoms with van der Waals surface area (Å²) < 4.78 is 69.4. The van der Waals surface area contributed by atoms with E-state index in [-0.39, 0.29) is 17.9 Å². The van der Waals surface area contributed by atoms with E-state index in [9.17, 15) is 31.1 Å². The lowest BCUT2D eigenvalue weighted by Gasteiger charge is -2.40. The number of pyridine rings is 1. The van der Waals surface area contributed by atoms with Gasteiger partial charge in [-0.3, -0.25) is 19.5 Å². The number of carboxylic acid groups (broad SMARTS) is 2. The zero-order chi connectivity index (χ0) is 27.8. The summed E-state index contributed by atoms with van der Waals surface area (Å²) in [4.78, 5) is 42.6. The van der Waals surface area contributed by atoms with Gasteiger partial charge in [0, 0.05) is 44.6 Å². The van der Waals surface area contributed by atoms with Gasteiger partial charge in [0.25, 0.3) is 5.91 Å². The lowest BCUT2D eigenvalue weighted by atomic mass is 9.82. The second kappa shape index (κ2) is 13.0. The number of ether oxygens (including phenoxy) is 1. The Morgan fingerprint density at radius 1 is 1.03 bits per heavy atom. The van der Waals surface area contributed by atoms with Crippen LogP contribution in [0.1, 0.15) is 18.4 Å². The molecule has 10 nitrogen and oxygen atoms in total. The Hall–Kier alpha value is -2.98. The number of carboxylic acids is 2. The van der Waals surface area contributed by atoms with Crippen LogP contribution in [0.3, 0.4) is 0 Å². The molecule has 3 aliphatic rings. The molecule has 4 heterocycles. The number of nitrogens with zero attached hydrogens (tertiary/aromatic N) is 3. The third-order valence-electron chi connectivity index (χ3n) is 5.60. The van der Waals surface area contributed by atoms with Crippen LogP contribution in [0, 0.1) is 11.8 Å². The maximum atomic E-state index is 12.8. The van der Waals surface area contributed by atoms with E-state index in [2.05, 4.69) is 16.0 Å². The van der Waals surface area contributed by atoms with Crippen molar-refractivity contribution in [1.82, 2.24) is 14.9 Å². The van der Waals surface area contributed by atoms with Crippen molar-refractivity contribution in [3.05, 3.63) is 30.1 Å². The molecule has 2 N–H and O–H groups in total. The zero-order valence-electron chi connectivity index (χ0n) is 19.2. The topological polar surface area (TPSA) is 129 Å². The van der Waals surface area contributed by atoms with Crippen LogP contribution in [0.2, 0.25) is 0 Å². The number of halogens is 6. The molecule has 3 atom stereocenters. The first-order valence-corrected chi connectivity index (χ1v) is 11.0. The molecule has 0 saturated carbocycles. The highest BCUT2D eigenvalue weighted by atomic mass is 19.4. The molecule has 0 radical (unpaired) electrons. The fourth-order valence-electron chi connectivity index (χ4n) is 4.00. The summed E-state index contributed by atoms with van der Waals surface area (Å²) in [5.74, 6) is -5.07. The normalized spacial score (nSPS) is 23.7. The fraction of sp³-hybridized carbons (Fsp3) is 0.619.